The predicted molar refractivity (Wildman–Crippen MR) is 53.8 cm³/mol. The standard InChI is InChI=1S/C10H8ClF3O3/c11-7-2-1-6(10(12,13)14)3-5(7)4-8(15)9(16)17/h1-3,8,15H,4H2,(H,16,17). The van der Waals surface area contributed by atoms with E-state index in [9.17, 15) is 18.0 Å². The quantitative estimate of drug-likeness (QED) is 0.885. The lowest BCUT2D eigenvalue weighted by Gasteiger charge is -2.11. The summed E-state index contributed by atoms with van der Waals surface area (Å²) in [7, 11) is 0. The van der Waals surface area contributed by atoms with Gasteiger partial charge in [-0.3, -0.25) is 0 Å². The number of carbonyl (C=O) groups is 1. The molecule has 17 heavy (non-hydrogen) atoms. The van der Waals surface area contributed by atoms with Crippen molar-refractivity contribution in [2.75, 3.05) is 0 Å². The predicted octanol–water partition coefficient (Wildman–Crippen LogP) is 2.35. The Bertz CT molecular complexity index is 431. The number of aliphatic carboxylic acids is 1. The summed E-state index contributed by atoms with van der Waals surface area (Å²) in [6.07, 6.45) is -6.79. The fraction of sp³-hybridized carbons (Fsp3) is 0.300. The van der Waals surface area contributed by atoms with Crippen molar-refractivity contribution in [3.8, 4) is 0 Å². The van der Waals surface area contributed by atoms with Gasteiger partial charge in [-0.2, -0.15) is 13.2 Å². The van der Waals surface area contributed by atoms with Crippen LogP contribution in [0.2, 0.25) is 5.02 Å². The van der Waals surface area contributed by atoms with Crippen LogP contribution >= 0.6 is 11.6 Å². The third-order valence-corrected chi connectivity index (χ3v) is 2.44. The second-order valence-electron chi connectivity index (χ2n) is 3.36. The number of alkyl halides is 3. The molecule has 3 nitrogen and oxygen atoms in total. The van der Waals surface area contributed by atoms with Crippen LogP contribution in [0.1, 0.15) is 11.1 Å². The monoisotopic (exact) mass is 268 g/mol. The zero-order valence-corrected chi connectivity index (χ0v) is 9.09. The average Bonchev–Trinajstić information content (AvgIpc) is 2.19. The van der Waals surface area contributed by atoms with Gasteiger partial charge in [0.2, 0.25) is 0 Å². The highest BCUT2D eigenvalue weighted by atomic mass is 35.5. The Labute approximate surface area is 99.4 Å². The summed E-state index contributed by atoms with van der Waals surface area (Å²) in [5, 5.41) is 17.5. The van der Waals surface area contributed by atoms with E-state index in [0.717, 1.165) is 18.2 Å². The van der Waals surface area contributed by atoms with Gasteiger partial charge in [-0.15, -0.1) is 0 Å². The fourth-order valence-corrected chi connectivity index (χ4v) is 1.40. The molecule has 2 N–H and O–H groups in total. The molecule has 7 heteroatoms. The lowest BCUT2D eigenvalue weighted by atomic mass is 10.0. The average molecular weight is 269 g/mol. The minimum absolute atomic E-state index is 0.0155. The van der Waals surface area contributed by atoms with Crippen LogP contribution in [0, 0.1) is 0 Å². The molecular formula is C10H8ClF3O3. The highest BCUT2D eigenvalue weighted by molar-refractivity contribution is 6.31. The van der Waals surface area contributed by atoms with Gasteiger partial charge in [-0.1, -0.05) is 11.6 Å². The van der Waals surface area contributed by atoms with Crippen molar-refractivity contribution in [1.29, 1.82) is 0 Å². The lowest BCUT2D eigenvalue weighted by molar-refractivity contribution is -0.146. The van der Waals surface area contributed by atoms with Crippen LogP contribution in [0.4, 0.5) is 13.2 Å². The Morgan fingerprint density at radius 2 is 2.00 bits per heavy atom. The number of halogens is 4. The molecule has 0 spiro atoms. The van der Waals surface area contributed by atoms with E-state index in [1.54, 1.807) is 0 Å². The van der Waals surface area contributed by atoms with E-state index in [0.29, 0.717) is 0 Å². The molecule has 1 atom stereocenters. The number of carboxylic acid groups (broad SMARTS) is 1. The number of carboxylic acids is 1. The van der Waals surface area contributed by atoms with Crippen LogP contribution in [-0.2, 0) is 17.4 Å². The molecule has 0 fully saturated rings. The normalized spacial score (nSPS) is 13.5. The zero-order valence-electron chi connectivity index (χ0n) is 8.33. The molecule has 0 amide bonds. The summed E-state index contributed by atoms with van der Waals surface area (Å²) in [6, 6.07) is 2.54. The van der Waals surface area contributed by atoms with Crippen molar-refractivity contribution < 1.29 is 28.2 Å². The van der Waals surface area contributed by atoms with E-state index in [-0.39, 0.29) is 10.6 Å². The van der Waals surface area contributed by atoms with E-state index in [4.69, 9.17) is 21.8 Å². The molecule has 0 radical (unpaired) electrons. The van der Waals surface area contributed by atoms with Crippen molar-refractivity contribution in [1.82, 2.24) is 0 Å². The Morgan fingerprint density at radius 1 is 1.41 bits per heavy atom. The van der Waals surface area contributed by atoms with Crippen LogP contribution in [0.3, 0.4) is 0 Å². The number of aliphatic hydroxyl groups is 1. The molecule has 1 unspecified atom stereocenters. The number of rotatable bonds is 3. The number of aliphatic hydroxyl groups excluding tert-OH is 1. The molecule has 0 saturated heterocycles. The molecule has 0 saturated carbocycles. The zero-order chi connectivity index (χ0) is 13.2. The van der Waals surface area contributed by atoms with Crippen molar-refractivity contribution in [3.63, 3.8) is 0 Å². The van der Waals surface area contributed by atoms with Gasteiger partial charge >= 0.3 is 12.1 Å². The van der Waals surface area contributed by atoms with Gasteiger partial charge in [-0.05, 0) is 23.8 Å². The second kappa shape index (κ2) is 4.93. The van der Waals surface area contributed by atoms with E-state index < -0.39 is 30.2 Å². The first-order valence-corrected chi connectivity index (χ1v) is 4.86. The Kier molecular flexibility index (Phi) is 4.00. The molecular weight excluding hydrogens is 261 g/mol. The maximum absolute atomic E-state index is 12.4. The SMILES string of the molecule is O=C(O)C(O)Cc1cc(C(F)(F)F)ccc1Cl. The summed E-state index contributed by atoms with van der Waals surface area (Å²) < 4.78 is 37.1. The second-order valence-corrected chi connectivity index (χ2v) is 3.77. The van der Waals surface area contributed by atoms with Crippen LogP contribution in [0.5, 0.6) is 0 Å². The van der Waals surface area contributed by atoms with Crippen molar-refractivity contribution >= 4 is 17.6 Å². The largest absolute Gasteiger partial charge is 0.479 e. The van der Waals surface area contributed by atoms with Gasteiger partial charge in [0, 0.05) is 11.4 Å². The molecule has 1 rings (SSSR count). The van der Waals surface area contributed by atoms with Crippen molar-refractivity contribution in [2.24, 2.45) is 0 Å². The first kappa shape index (κ1) is 13.8. The van der Waals surface area contributed by atoms with E-state index in [2.05, 4.69) is 0 Å². The maximum atomic E-state index is 12.4. The van der Waals surface area contributed by atoms with Gasteiger partial charge in [0.05, 0.1) is 5.56 Å². The smallest absolute Gasteiger partial charge is 0.416 e. The molecule has 94 valence electrons. The Hall–Kier alpha value is -1.27. The Balaban J connectivity index is 3.03. The Morgan fingerprint density at radius 3 is 2.47 bits per heavy atom. The van der Waals surface area contributed by atoms with Gasteiger partial charge in [0.25, 0.3) is 0 Å². The van der Waals surface area contributed by atoms with Crippen LogP contribution in [-0.4, -0.2) is 22.3 Å². The molecule has 0 bridgehead atoms. The molecule has 0 aliphatic carbocycles. The van der Waals surface area contributed by atoms with Gasteiger partial charge in [0.1, 0.15) is 0 Å². The van der Waals surface area contributed by atoms with Gasteiger partial charge < -0.3 is 10.2 Å². The maximum Gasteiger partial charge on any atom is 0.416 e. The third-order valence-electron chi connectivity index (χ3n) is 2.07. The van der Waals surface area contributed by atoms with Gasteiger partial charge in [0.15, 0.2) is 6.10 Å². The highest BCUT2D eigenvalue weighted by Crippen LogP contribution is 2.32. The molecule has 0 aromatic heterocycles. The van der Waals surface area contributed by atoms with Crippen LogP contribution in [0.15, 0.2) is 18.2 Å². The molecule has 0 heterocycles. The fourth-order valence-electron chi connectivity index (χ4n) is 1.20. The third kappa shape index (κ3) is 3.61. The first-order chi connectivity index (χ1) is 7.71. The first-order valence-electron chi connectivity index (χ1n) is 4.48. The lowest BCUT2D eigenvalue weighted by Crippen LogP contribution is -2.22. The summed E-state index contributed by atoms with van der Waals surface area (Å²) in [5.74, 6) is -1.52. The van der Waals surface area contributed by atoms with Crippen molar-refractivity contribution in [3.05, 3.63) is 34.3 Å². The number of hydrogen-bond acceptors (Lipinski definition) is 2. The minimum atomic E-state index is -4.53. The molecule has 1 aromatic rings. The molecule has 0 aliphatic heterocycles. The van der Waals surface area contributed by atoms with E-state index >= 15 is 0 Å². The van der Waals surface area contributed by atoms with Crippen LogP contribution in [0.25, 0.3) is 0 Å². The summed E-state index contributed by atoms with van der Waals surface area (Å²) in [4.78, 5) is 10.4. The summed E-state index contributed by atoms with van der Waals surface area (Å²) >= 11 is 5.62. The molecule has 1 aromatic carbocycles. The summed E-state index contributed by atoms with van der Waals surface area (Å²) in [6.45, 7) is 0. The van der Waals surface area contributed by atoms with Gasteiger partial charge in [-0.25, -0.2) is 4.79 Å². The van der Waals surface area contributed by atoms with E-state index in [1.165, 1.54) is 0 Å². The minimum Gasteiger partial charge on any atom is -0.479 e. The number of hydrogen-bond donors (Lipinski definition) is 2. The van der Waals surface area contributed by atoms with E-state index in [1.807, 2.05) is 0 Å². The van der Waals surface area contributed by atoms with Crippen molar-refractivity contribution in [2.45, 2.75) is 18.7 Å². The summed E-state index contributed by atoms with van der Waals surface area (Å²) in [5.41, 5.74) is -0.995. The topological polar surface area (TPSA) is 57.5 Å². The number of benzene rings is 1. The van der Waals surface area contributed by atoms with Crippen LogP contribution < -0.4 is 0 Å². The molecule has 0 aliphatic rings. The highest BCUT2D eigenvalue weighted by Gasteiger charge is 2.31.